The number of hydrogen-bond acceptors (Lipinski definition) is 6. The molecule has 0 aliphatic carbocycles. The van der Waals surface area contributed by atoms with E-state index >= 15 is 0 Å². The molecule has 0 radical (unpaired) electrons. The smallest absolute Gasteiger partial charge is 0.271 e. The maximum absolute atomic E-state index is 10.9. The Hall–Kier alpha value is -2.98. The number of nitro benzene ring substituents is 1. The van der Waals surface area contributed by atoms with Crippen LogP contribution in [-0.4, -0.2) is 29.7 Å². The van der Waals surface area contributed by atoms with Crippen LogP contribution in [0.15, 0.2) is 64.7 Å². The van der Waals surface area contributed by atoms with Crippen LogP contribution in [0.25, 0.3) is 22.4 Å². The number of non-ortho nitro benzene ring substituents is 1. The van der Waals surface area contributed by atoms with E-state index in [1.54, 1.807) is 12.1 Å². The summed E-state index contributed by atoms with van der Waals surface area (Å²) in [6.07, 6.45) is 1.80. The van der Waals surface area contributed by atoms with Crippen LogP contribution in [0.1, 0.15) is 5.82 Å². The number of aromatic nitrogens is 5. The number of hydrogen-bond donors (Lipinski definition) is 1. The molecule has 0 bridgehead atoms. The van der Waals surface area contributed by atoms with Crippen LogP contribution in [0.2, 0.25) is 0 Å². The van der Waals surface area contributed by atoms with Gasteiger partial charge in [0.05, 0.1) is 21.7 Å². The molecule has 2 aromatic heterocycles. The number of imidazole rings is 1. The van der Waals surface area contributed by atoms with Gasteiger partial charge < -0.3 is 4.98 Å². The fourth-order valence-electron chi connectivity index (χ4n) is 2.87. The fraction of sp³-hybridized carbons (Fsp3) is 0.105. The minimum absolute atomic E-state index is 0.0326. The standard InChI is InChI=1S/C19H15BrN6O2S/c1-2-9-25-18(12-3-5-13(20)6-4-12)23-24-19(25)29-11-17-21-15-8-7-14(26(27)28)10-16(15)22-17/h2-8,10H,1,9,11H2,(H,21,22). The van der Waals surface area contributed by atoms with Crippen molar-refractivity contribution >= 4 is 44.4 Å². The molecule has 8 nitrogen and oxygen atoms in total. The van der Waals surface area contributed by atoms with Gasteiger partial charge in [-0.15, -0.1) is 16.8 Å². The molecular weight excluding hydrogens is 456 g/mol. The lowest BCUT2D eigenvalue weighted by molar-refractivity contribution is -0.384. The monoisotopic (exact) mass is 470 g/mol. The van der Waals surface area contributed by atoms with E-state index in [9.17, 15) is 10.1 Å². The van der Waals surface area contributed by atoms with Crippen LogP contribution in [-0.2, 0) is 12.3 Å². The zero-order chi connectivity index (χ0) is 20.4. The van der Waals surface area contributed by atoms with Crippen LogP contribution in [0.4, 0.5) is 5.69 Å². The summed E-state index contributed by atoms with van der Waals surface area (Å²) >= 11 is 4.93. The van der Waals surface area contributed by atoms with E-state index < -0.39 is 4.92 Å². The number of aromatic amines is 1. The quantitative estimate of drug-likeness (QED) is 0.177. The van der Waals surface area contributed by atoms with Gasteiger partial charge in [0.25, 0.3) is 5.69 Å². The van der Waals surface area contributed by atoms with Crippen LogP contribution in [0.3, 0.4) is 0 Å². The topological polar surface area (TPSA) is 103 Å². The zero-order valence-corrected chi connectivity index (χ0v) is 17.5. The molecule has 0 unspecified atom stereocenters. The Morgan fingerprint density at radius 1 is 1.24 bits per heavy atom. The number of rotatable bonds is 7. The molecule has 10 heteroatoms. The van der Waals surface area contributed by atoms with E-state index in [0.717, 1.165) is 21.0 Å². The van der Waals surface area contributed by atoms with Gasteiger partial charge in [-0.2, -0.15) is 0 Å². The molecule has 1 N–H and O–H groups in total. The highest BCUT2D eigenvalue weighted by Gasteiger charge is 2.15. The number of thioether (sulfide) groups is 1. The van der Waals surface area contributed by atoms with Crippen molar-refractivity contribution in [3.05, 3.63) is 75.5 Å². The molecule has 0 fully saturated rings. The van der Waals surface area contributed by atoms with Gasteiger partial charge in [0.1, 0.15) is 5.82 Å². The van der Waals surface area contributed by atoms with Crippen LogP contribution >= 0.6 is 27.7 Å². The fourth-order valence-corrected chi connectivity index (χ4v) is 3.95. The molecule has 4 rings (SSSR count). The van der Waals surface area contributed by atoms with Gasteiger partial charge in [0.2, 0.25) is 0 Å². The Balaban J connectivity index is 1.58. The summed E-state index contributed by atoms with van der Waals surface area (Å²) in [7, 11) is 0. The van der Waals surface area contributed by atoms with E-state index in [-0.39, 0.29) is 5.69 Å². The third kappa shape index (κ3) is 4.08. The van der Waals surface area contributed by atoms with Gasteiger partial charge >= 0.3 is 0 Å². The third-order valence-electron chi connectivity index (χ3n) is 4.19. The molecule has 0 aliphatic heterocycles. The highest BCUT2D eigenvalue weighted by Crippen LogP contribution is 2.28. The zero-order valence-electron chi connectivity index (χ0n) is 15.1. The SMILES string of the molecule is C=CCn1c(SCc2nc3ccc([N+](=O)[O-])cc3[nH]2)nnc1-c1ccc(Br)cc1. The van der Waals surface area contributed by atoms with Crippen molar-refractivity contribution in [2.75, 3.05) is 0 Å². The maximum atomic E-state index is 10.9. The number of allylic oxidation sites excluding steroid dienone is 1. The van der Waals surface area contributed by atoms with E-state index in [1.807, 2.05) is 28.8 Å². The molecule has 29 heavy (non-hydrogen) atoms. The molecule has 0 saturated heterocycles. The number of fused-ring (bicyclic) bond motifs is 1. The number of nitrogens with one attached hydrogen (secondary N) is 1. The molecule has 0 aliphatic rings. The minimum atomic E-state index is -0.421. The predicted molar refractivity (Wildman–Crippen MR) is 116 cm³/mol. The van der Waals surface area contributed by atoms with Gasteiger partial charge in [-0.05, 0) is 18.2 Å². The lowest BCUT2D eigenvalue weighted by Crippen LogP contribution is -2.00. The molecule has 146 valence electrons. The number of nitrogens with zero attached hydrogens (tertiary/aromatic N) is 5. The Kier molecular flexibility index (Phi) is 5.45. The molecule has 0 saturated carbocycles. The summed E-state index contributed by atoms with van der Waals surface area (Å²) < 4.78 is 2.99. The van der Waals surface area contributed by atoms with E-state index in [1.165, 1.54) is 23.9 Å². The number of nitro groups is 1. The summed E-state index contributed by atoms with van der Waals surface area (Å²) in [6, 6.07) is 12.5. The van der Waals surface area contributed by atoms with Gasteiger partial charge in [-0.3, -0.25) is 14.7 Å². The molecule has 0 atom stereocenters. The first kappa shape index (κ1) is 19.3. The Morgan fingerprint density at radius 3 is 2.76 bits per heavy atom. The van der Waals surface area contributed by atoms with Gasteiger partial charge in [-0.1, -0.05) is 45.9 Å². The van der Waals surface area contributed by atoms with Gasteiger partial charge in [0.15, 0.2) is 11.0 Å². The first-order chi connectivity index (χ1) is 14.0. The maximum Gasteiger partial charge on any atom is 0.271 e. The highest BCUT2D eigenvalue weighted by molar-refractivity contribution is 9.10. The summed E-state index contributed by atoms with van der Waals surface area (Å²) in [5, 5.41) is 20.4. The van der Waals surface area contributed by atoms with Crippen molar-refractivity contribution in [2.24, 2.45) is 0 Å². The molecule has 0 amide bonds. The number of H-pyrrole nitrogens is 1. The van der Waals surface area contributed by atoms with Crippen molar-refractivity contribution < 1.29 is 4.92 Å². The van der Waals surface area contributed by atoms with Gasteiger partial charge in [0, 0.05) is 28.7 Å². The molecule has 2 aromatic carbocycles. The Bertz CT molecular complexity index is 1200. The minimum Gasteiger partial charge on any atom is -0.341 e. The lowest BCUT2D eigenvalue weighted by atomic mass is 10.2. The Morgan fingerprint density at radius 2 is 2.03 bits per heavy atom. The average Bonchev–Trinajstić information content (AvgIpc) is 3.30. The van der Waals surface area contributed by atoms with Crippen molar-refractivity contribution in [1.82, 2.24) is 24.7 Å². The third-order valence-corrected chi connectivity index (χ3v) is 5.70. The summed E-state index contributed by atoms with van der Waals surface area (Å²) in [5.74, 6) is 2.00. The van der Waals surface area contributed by atoms with Crippen molar-refractivity contribution in [1.29, 1.82) is 0 Å². The number of halogens is 1. The highest BCUT2D eigenvalue weighted by atomic mass is 79.9. The van der Waals surface area contributed by atoms with E-state index in [0.29, 0.717) is 29.2 Å². The summed E-state index contributed by atoms with van der Waals surface area (Å²) in [6.45, 7) is 4.40. The summed E-state index contributed by atoms with van der Waals surface area (Å²) in [5.41, 5.74) is 2.32. The van der Waals surface area contributed by atoms with Crippen molar-refractivity contribution in [3.63, 3.8) is 0 Å². The summed E-state index contributed by atoms with van der Waals surface area (Å²) in [4.78, 5) is 18.2. The van der Waals surface area contributed by atoms with Crippen LogP contribution < -0.4 is 0 Å². The van der Waals surface area contributed by atoms with Crippen molar-refractivity contribution in [3.8, 4) is 11.4 Å². The largest absolute Gasteiger partial charge is 0.341 e. The molecule has 0 spiro atoms. The Labute approximate surface area is 178 Å². The van der Waals surface area contributed by atoms with E-state index in [2.05, 4.69) is 42.7 Å². The molecule has 4 aromatic rings. The normalized spacial score (nSPS) is 11.1. The van der Waals surface area contributed by atoms with Gasteiger partial charge in [-0.25, -0.2) is 4.98 Å². The predicted octanol–water partition coefficient (Wildman–Crippen LogP) is 4.97. The second-order valence-corrected chi connectivity index (χ2v) is 8.00. The van der Waals surface area contributed by atoms with Crippen LogP contribution in [0, 0.1) is 10.1 Å². The molecular formula is C19H15BrN6O2S. The van der Waals surface area contributed by atoms with E-state index in [4.69, 9.17) is 0 Å². The van der Waals surface area contributed by atoms with Crippen LogP contribution in [0.5, 0.6) is 0 Å². The van der Waals surface area contributed by atoms with Crippen molar-refractivity contribution in [2.45, 2.75) is 17.5 Å². The second kappa shape index (κ2) is 8.18. The second-order valence-electron chi connectivity index (χ2n) is 6.14. The first-order valence-electron chi connectivity index (χ1n) is 8.61. The number of benzene rings is 2. The lowest BCUT2D eigenvalue weighted by Gasteiger charge is -2.07. The average molecular weight is 471 g/mol. The first-order valence-corrected chi connectivity index (χ1v) is 10.4. The molecule has 2 heterocycles.